The van der Waals surface area contributed by atoms with Gasteiger partial charge < -0.3 is 10.3 Å². The molecule has 2 N–H and O–H groups in total. The van der Waals surface area contributed by atoms with Crippen LogP contribution in [0.15, 0.2) is 91.1 Å². The SMILES string of the molecule is O=C(NCCc1ccc2[nH]c3ncc(C=Cc4ccccc4)cc3c2c1)c1ccccc1. The van der Waals surface area contributed by atoms with Crippen molar-refractivity contribution in [3.63, 3.8) is 0 Å². The van der Waals surface area contributed by atoms with Gasteiger partial charge in [-0.15, -0.1) is 0 Å². The lowest BCUT2D eigenvalue weighted by molar-refractivity contribution is 0.0954. The quantitative estimate of drug-likeness (QED) is 0.364. The summed E-state index contributed by atoms with van der Waals surface area (Å²) >= 11 is 0. The van der Waals surface area contributed by atoms with Crippen molar-refractivity contribution in [2.75, 3.05) is 6.54 Å². The molecule has 3 aromatic carbocycles. The number of amides is 1. The van der Waals surface area contributed by atoms with Gasteiger partial charge in [-0.05, 0) is 53.4 Å². The van der Waals surface area contributed by atoms with Crippen molar-refractivity contribution < 1.29 is 4.79 Å². The molecule has 0 aliphatic carbocycles. The Morgan fingerprint density at radius 2 is 1.59 bits per heavy atom. The number of aromatic amines is 1. The molecule has 156 valence electrons. The number of carbonyl (C=O) groups excluding carboxylic acids is 1. The van der Waals surface area contributed by atoms with E-state index in [-0.39, 0.29) is 5.91 Å². The maximum absolute atomic E-state index is 12.3. The van der Waals surface area contributed by atoms with Gasteiger partial charge in [-0.1, -0.05) is 66.7 Å². The van der Waals surface area contributed by atoms with Gasteiger partial charge in [-0.25, -0.2) is 4.98 Å². The van der Waals surface area contributed by atoms with Crippen molar-refractivity contribution in [1.29, 1.82) is 0 Å². The number of hydrogen-bond acceptors (Lipinski definition) is 2. The van der Waals surface area contributed by atoms with Gasteiger partial charge in [0.15, 0.2) is 0 Å². The average molecular weight is 418 g/mol. The Balaban J connectivity index is 1.34. The first-order chi connectivity index (χ1) is 15.8. The minimum Gasteiger partial charge on any atom is -0.352 e. The van der Waals surface area contributed by atoms with E-state index in [0.717, 1.165) is 39.5 Å². The van der Waals surface area contributed by atoms with Crippen molar-refractivity contribution in [1.82, 2.24) is 15.3 Å². The molecule has 4 heteroatoms. The zero-order chi connectivity index (χ0) is 21.8. The number of carbonyl (C=O) groups is 1. The molecule has 0 bridgehead atoms. The number of rotatable bonds is 6. The van der Waals surface area contributed by atoms with Crippen LogP contribution in [0.25, 0.3) is 34.1 Å². The van der Waals surface area contributed by atoms with Gasteiger partial charge in [0.2, 0.25) is 0 Å². The molecule has 0 saturated carbocycles. The molecule has 5 rings (SSSR count). The van der Waals surface area contributed by atoms with Crippen LogP contribution in [0.2, 0.25) is 0 Å². The summed E-state index contributed by atoms with van der Waals surface area (Å²) in [5, 5.41) is 5.25. The van der Waals surface area contributed by atoms with Gasteiger partial charge in [-0.2, -0.15) is 0 Å². The maximum atomic E-state index is 12.3. The lowest BCUT2D eigenvalue weighted by Crippen LogP contribution is -2.25. The highest BCUT2D eigenvalue weighted by Crippen LogP contribution is 2.26. The van der Waals surface area contributed by atoms with Gasteiger partial charge in [0.1, 0.15) is 5.65 Å². The number of nitrogens with one attached hydrogen (secondary N) is 2. The van der Waals surface area contributed by atoms with E-state index in [1.165, 1.54) is 5.56 Å². The Morgan fingerprint density at radius 3 is 2.41 bits per heavy atom. The van der Waals surface area contributed by atoms with Crippen LogP contribution in [0.1, 0.15) is 27.0 Å². The lowest BCUT2D eigenvalue weighted by Gasteiger charge is -2.06. The van der Waals surface area contributed by atoms with E-state index in [4.69, 9.17) is 0 Å². The fourth-order valence-electron chi connectivity index (χ4n) is 3.85. The summed E-state index contributed by atoms with van der Waals surface area (Å²) in [6.45, 7) is 0.588. The summed E-state index contributed by atoms with van der Waals surface area (Å²) in [6.07, 6.45) is 6.83. The summed E-state index contributed by atoms with van der Waals surface area (Å²) in [5.74, 6) is -0.0437. The molecule has 32 heavy (non-hydrogen) atoms. The van der Waals surface area contributed by atoms with Crippen LogP contribution in [0.5, 0.6) is 0 Å². The summed E-state index contributed by atoms with van der Waals surface area (Å²) < 4.78 is 0. The second-order valence-electron chi connectivity index (χ2n) is 7.79. The molecule has 0 unspecified atom stereocenters. The fourth-order valence-corrected chi connectivity index (χ4v) is 3.85. The van der Waals surface area contributed by atoms with E-state index in [0.29, 0.717) is 12.1 Å². The minimum atomic E-state index is -0.0437. The van der Waals surface area contributed by atoms with Crippen LogP contribution in [0.3, 0.4) is 0 Å². The maximum Gasteiger partial charge on any atom is 0.251 e. The number of H-pyrrole nitrogens is 1. The average Bonchev–Trinajstić information content (AvgIpc) is 3.21. The Labute approximate surface area is 186 Å². The standard InChI is InChI=1S/C28H23N3O/c32-28(23-9-5-2-6-10-23)29-16-15-21-13-14-26-24(17-21)25-18-22(19-30-27(25)31-26)12-11-20-7-3-1-4-8-20/h1-14,17-19H,15-16H2,(H,29,32)(H,30,31). The number of hydrogen-bond donors (Lipinski definition) is 2. The Bertz CT molecular complexity index is 1400. The second-order valence-corrected chi connectivity index (χ2v) is 7.79. The highest BCUT2D eigenvalue weighted by molar-refractivity contribution is 6.06. The minimum absolute atomic E-state index is 0.0437. The van der Waals surface area contributed by atoms with Gasteiger partial charge in [0.25, 0.3) is 5.91 Å². The second kappa shape index (κ2) is 8.90. The third-order valence-corrected chi connectivity index (χ3v) is 5.54. The fraction of sp³-hybridized carbons (Fsp3) is 0.0714. The number of fused-ring (bicyclic) bond motifs is 3. The van der Waals surface area contributed by atoms with Crippen LogP contribution >= 0.6 is 0 Å². The third kappa shape index (κ3) is 4.30. The summed E-state index contributed by atoms with van der Waals surface area (Å²) in [4.78, 5) is 20.3. The topological polar surface area (TPSA) is 57.8 Å². The van der Waals surface area contributed by atoms with E-state index in [1.54, 1.807) is 0 Å². The van der Waals surface area contributed by atoms with Crippen LogP contribution in [-0.2, 0) is 6.42 Å². The molecule has 5 aromatic rings. The molecule has 1 amide bonds. The van der Waals surface area contributed by atoms with Gasteiger partial charge in [0.05, 0.1) is 0 Å². The molecule has 2 aromatic heterocycles. The lowest BCUT2D eigenvalue weighted by atomic mass is 10.1. The molecular weight excluding hydrogens is 394 g/mol. The van der Waals surface area contributed by atoms with Gasteiger partial charge >= 0.3 is 0 Å². The Hall–Kier alpha value is -4.18. The first-order valence-electron chi connectivity index (χ1n) is 10.7. The highest BCUT2D eigenvalue weighted by atomic mass is 16.1. The highest BCUT2D eigenvalue weighted by Gasteiger charge is 2.08. The van der Waals surface area contributed by atoms with Crippen molar-refractivity contribution in [3.8, 4) is 0 Å². The number of pyridine rings is 1. The predicted molar refractivity (Wildman–Crippen MR) is 131 cm³/mol. The molecule has 0 aliphatic heterocycles. The molecule has 2 heterocycles. The van der Waals surface area contributed by atoms with Crippen molar-refractivity contribution in [2.24, 2.45) is 0 Å². The van der Waals surface area contributed by atoms with Crippen LogP contribution in [-0.4, -0.2) is 22.4 Å². The van der Waals surface area contributed by atoms with Crippen LogP contribution in [0, 0.1) is 0 Å². The van der Waals surface area contributed by atoms with E-state index in [2.05, 4.69) is 63.8 Å². The van der Waals surface area contributed by atoms with E-state index >= 15 is 0 Å². The molecule has 0 aliphatic rings. The number of benzene rings is 3. The monoisotopic (exact) mass is 417 g/mol. The molecule has 0 atom stereocenters. The largest absolute Gasteiger partial charge is 0.352 e. The normalized spacial score (nSPS) is 11.4. The van der Waals surface area contributed by atoms with Crippen molar-refractivity contribution in [2.45, 2.75) is 6.42 Å². The van der Waals surface area contributed by atoms with Crippen molar-refractivity contribution >= 4 is 40.0 Å². The molecule has 0 fully saturated rings. The van der Waals surface area contributed by atoms with E-state index in [1.807, 2.05) is 54.7 Å². The Morgan fingerprint density at radius 1 is 0.844 bits per heavy atom. The first kappa shape index (κ1) is 19.8. The van der Waals surface area contributed by atoms with Gasteiger partial charge in [0, 0.05) is 34.6 Å². The van der Waals surface area contributed by atoms with E-state index < -0.39 is 0 Å². The van der Waals surface area contributed by atoms with Crippen LogP contribution < -0.4 is 5.32 Å². The zero-order valence-electron chi connectivity index (χ0n) is 17.6. The Kier molecular flexibility index (Phi) is 5.50. The number of aromatic nitrogens is 2. The molecule has 0 spiro atoms. The molecule has 0 saturated heterocycles. The summed E-state index contributed by atoms with van der Waals surface area (Å²) in [6, 6.07) is 28.1. The van der Waals surface area contributed by atoms with E-state index in [9.17, 15) is 4.79 Å². The molecule has 4 nitrogen and oxygen atoms in total. The zero-order valence-corrected chi connectivity index (χ0v) is 17.6. The smallest absolute Gasteiger partial charge is 0.251 e. The third-order valence-electron chi connectivity index (χ3n) is 5.54. The summed E-state index contributed by atoms with van der Waals surface area (Å²) in [7, 11) is 0. The predicted octanol–water partition coefficient (Wildman–Crippen LogP) is 5.86. The van der Waals surface area contributed by atoms with Crippen LogP contribution in [0.4, 0.5) is 0 Å². The summed E-state index contributed by atoms with van der Waals surface area (Å²) in [5.41, 5.74) is 6.02. The molecular formula is C28H23N3O. The van der Waals surface area contributed by atoms with Gasteiger partial charge in [-0.3, -0.25) is 4.79 Å². The molecule has 0 radical (unpaired) electrons. The van der Waals surface area contributed by atoms with Crippen molar-refractivity contribution in [3.05, 3.63) is 113 Å². The number of nitrogens with zero attached hydrogens (tertiary/aromatic N) is 1. The first-order valence-corrected chi connectivity index (χ1v) is 10.7.